The summed E-state index contributed by atoms with van der Waals surface area (Å²) in [6.07, 6.45) is 5.32. The molecule has 0 bridgehead atoms. The summed E-state index contributed by atoms with van der Waals surface area (Å²) in [4.78, 5) is 3.95. The zero-order valence-electron chi connectivity index (χ0n) is 10.1. The lowest BCUT2D eigenvalue weighted by Crippen LogP contribution is -2.10. The lowest BCUT2D eigenvalue weighted by molar-refractivity contribution is 0.387. The molecule has 0 saturated heterocycles. The van der Waals surface area contributed by atoms with E-state index < -0.39 is 5.82 Å². The van der Waals surface area contributed by atoms with Gasteiger partial charge in [0.1, 0.15) is 0 Å². The van der Waals surface area contributed by atoms with Gasteiger partial charge < -0.3 is 20.4 Å². The van der Waals surface area contributed by atoms with Crippen molar-refractivity contribution in [2.75, 3.05) is 24.7 Å². The van der Waals surface area contributed by atoms with Crippen LogP contribution < -0.4 is 15.8 Å². The molecule has 1 aromatic carbocycles. The Kier molecular flexibility index (Phi) is 3.66. The zero-order chi connectivity index (χ0) is 13.0. The van der Waals surface area contributed by atoms with E-state index in [-0.39, 0.29) is 5.75 Å². The Morgan fingerprint density at radius 1 is 1.50 bits per heavy atom. The molecule has 0 amide bonds. The lowest BCUT2D eigenvalue weighted by atomic mass is 10.2. The van der Waals surface area contributed by atoms with Crippen molar-refractivity contribution in [1.82, 2.24) is 9.55 Å². The first-order valence-corrected chi connectivity index (χ1v) is 5.53. The van der Waals surface area contributed by atoms with E-state index in [9.17, 15) is 4.39 Å². The summed E-state index contributed by atoms with van der Waals surface area (Å²) < 4.78 is 20.2. The van der Waals surface area contributed by atoms with Gasteiger partial charge in [-0.1, -0.05) is 0 Å². The molecular formula is C12H15FN4O. The number of hydrogen-bond acceptors (Lipinski definition) is 4. The number of nitrogen functional groups attached to an aromatic ring is 1. The van der Waals surface area contributed by atoms with E-state index in [0.717, 1.165) is 6.54 Å². The van der Waals surface area contributed by atoms with E-state index in [1.807, 2.05) is 10.8 Å². The van der Waals surface area contributed by atoms with Crippen molar-refractivity contribution in [3.05, 3.63) is 36.7 Å². The van der Waals surface area contributed by atoms with Crippen LogP contribution in [0.1, 0.15) is 0 Å². The normalized spacial score (nSPS) is 10.3. The predicted octanol–water partition coefficient (Wildman–Crippen LogP) is 1.73. The fourth-order valence-corrected chi connectivity index (χ4v) is 1.62. The maximum absolute atomic E-state index is 13.3. The summed E-state index contributed by atoms with van der Waals surface area (Å²) in [6.45, 7) is 1.41. The summed E-state index contributed by atoms with van der Waals surface area (Å²) in [7, 11) is 1.42. The number of ether oxygens (including phenoxy) is 1. The van der Waals surface area contributed by atoms with Crippen molar-refractivity contribution in [2.24, 2.45) is 0 Å². The Labute approximate surface area is 104 Å². The van der Waals surface area contributed by atoms with E-state index in [0.29, 0.717) is 17.9 Å². The van der Waals surface area contributed by atoms with Gasteiger partial charge in [-0.15, -0.1) is 0 Å². The van der Waals surface area contributed by atoms with Crippen LogP contribution in [0.5, 0.6) is 5.75 Å². The second-order valence-corrected chi connectivity index (χ2v) is 3.80. The molecule has 0 spiro atoms. The number of hydrogen-bond donors (Lipinski definition) is 2. The zero-order valence-corrected chi connectivity index (χ0v) is 10.1. The van der Waals surface area contributed by atoms with Gasteiger partial charge in [0, 0.05) is 37.6 Å². The Balaban J connectivity index is 2.00. The number of aromatic nitrogens is 2. The lowest BCUT2D eigenvalue weighted by Gasteiger charge is -2.12. The molecule has 0 fully saturated rings. The first-order chi connectivity index (χ1) is 8.70. The molecule has 0 aliphatic rings. The van der Waals surface area contributed by atoms with Crippen LogP contribution in [0.4, 0.5) is 15.8 Å². The van der Waals surface area contributed by atoms with E-state index in [1.165, 1.54) is 13.2 Å². The van der Waals surface area contributed by atoms with E-state index >= 15 is 0 Å². The number of methoxy groups -OCH3 is 1. The third kappa shape index (κ3) is 2.71. The maximum Gasteiger partial charge on any atom is 0.167 e. The number of nitrogens with zero attached hydrogens (tertiary/aromatic N) is 2. The van der Waals surface area contributed by atoms with Gasteiger partial charge in [-0.05, 0) is 0 Å². The van der Waals surface area contributed by atoms with Crippen LogP contribution >= 0.6 is 0 Å². The molecule has 0 aliphatic carbocycles. The molecule has 0 saturated carbocycles. The average Bonchev–Trinajstić information content (AvgIpc) is 2.85. The number of rotatable bonds is 5. The number of anilines is 2. The highest BCUT2D eigenvalue weighted by Gasteiger charge is 2.07. The second kappa shape index (κ2) is 5.39. The minimum atomic E-state index is -0.463. The van der Waals surface area contributed by atoms with Crippen molar-refractivity contribution in [1.29, 1.82) is 0 Å². The standard InChI is InChI=1S/C12H15FN4O/c1-18-12-7-11(10(14)6-9(12)13)16-3-5-17-4-2-15-8-17/h2,4,6-8,16H,3,5,14H2,1H3. The minimum Gasteiger partial charge on any atom is -0.494 e. The van der Waals surface area contributed by atoms with Crippen LogP contribution in [0.3, 0.4) is 0 Å². The Bertz CT molecular complexity index is 513. The molecule has 2 aromatic rings. The molecule has 0 unspecified atom stereocenters. The smallest absolute Gasteiger partial charge is 0.167 e. The van der Waals surface area contributed by atoms with Crippen LogP contribution in [-0.4, -0.2) is 23.2 Å². The van der Waals surface area contributed by atoms with Gasteiger partial charge in [0.05, 0.1) is 24.8 Å². The Morgan fingerprint density at radius 3 is 3.00 bits per heavy atom. The third-order valence-electron chi connectivity index (χ3n) is 2.57. The molecule has 5 nitrogen and oxygen atoms in total. The summed E-state index contributed by atoms with van der Waals surface area (Å²) >= 11 is 0. The number of nitrogens with one attached hydrogen (secondary N) is 1. The SMILES string of the molecule is COc1cc(NCCn2ccnc2)c(N)cc1F. The van der Waals surface area contributed by atoms with Crippen molar-refractivity contribution in [2.45, 2.75) is 6.54 Å². The first-order valence-electron chi connectivity index (χ1n) is 5.53. The summed E-state index contributed by atoms with van der Waals surface area (Å²) in [5.74, 6) is -0.288. The van der Waals surface area contributed by atoms with Crippen LogP contribution in [0.25, 0.3) is 0 Å². The van der Waals surface area contributed by atoms with Crippen LogP contribution in [0, 0.1) is 5.82 Å². The predicted molar refractivity (Wildman–Crippen MR) is 68.1 cm³/mol. The van der Waals surface area contributed by atoms with Crippen LogP contribution in [0.2, 0.25) is 0 Å². The van der Waals surface area contributed by atoms with Crippen molar-refractivity contribution in [3.63, 3.8) is 0 Å². The molecular weight excluding hydrogens is 235 g/mol. The van der Waals surface area contributed by atoms with E-state index in [4.69, 9.17) is 10.5 Å². The molecule has 18 heavy (non-hydrogen) atoms. The highest BCUT2D eigenvalue weighted by Crippen LogP contribution is 2.27. The largest absolute Gasteiger partial charge is 0.494 e. The molecule has 96 valence electrons. The van der Waals surface area contributed by atoms with Gasteiger partial charge >= 0.3 is 0 Å². The van der Waals surface area contributed by atoms with E-state index in [2.05, 4.69) is 10.3 Å². The van der Waals surface area contributed by atoms with Crippen molar-refractivity contribution >= 4 is 11.4 Å². The highest BCUT2D eigenvalue weighted by molar-refractivity contribution is 5.68. The molecule has 1 aromatic heterocycles. The maximum atomic E-state index is 13.3. The van der Waals surface area contributed by atoms with Gasteiger partial charge in [-0.2, -0.15) is 0 Å². The molecule has 0 atom stereocenters. The fraction of sp³-hybridized carbons (Fsp3) is 0.250. The summed E-state index contributed by atoms with van der Waals surface area (Å²) in [6, 6.07) is 2.80. The topological polar surface area (TPSA) is 65.1 Å². The number of halogens is 1. The summed E-state index contributed by atoms with van der Waals surface area (Å²) in [5, 5.41) is 3.13. The number of benzene rings is 1. The van der Waals surface area contributed by atoms with Gasteiger partial charge in [0.2, 0.25) is 0 Å². The first kappa shape index (κ1) is 12.2. The molecule has 6 heteroatoms. The number of nitrogens with two attached hydrogens (primary N) is 1. The third-order valence-corrected chi connectivity index (χ3v) is 2.57. The van der Waals surface area contributed by atoms with Gasteiger partial charge in [0.25, 0.3) is 0 Å². The quantitative estimate of drug-likeness (QED) is 0.793. The molecule has 3 N–H and O–H groups in total. The monoisotopic (exact) mass is 250 g/mol. The van der Waals surface area contributed by atoms with Gasteiger partial charge in [0.15, 0.2) is 11.6 Å². The van der Waals surface area contributed by atoms with Gasteiger partial charge in [-0.3, -0.25) is 0 Å². The average molecular weight is 250 g/mol. The molecule has 0 radical (unpaired) electrons. The number of imidazole rings is 1. The van der Waals surface area contributed by atoms with Gasteiger partial charge in [-0.25, -0.2) is 9.37 Å². The second-order valence-electron chi connectivity index (χ2n) is 3.80. The Morgan fingerprint density at radius 2 is 2.33 bits per heavy atom. The van der Waals surface area contributed by atoms with Crippen LogP contribution in [-0.2, 0) is 6.54 Å². The molecule has 1 heterocycles. The van der Waals surface area contributed by atoms with Crippen LogP contribution in [0.15, 0.2) is 30.9 Å². The highest BCUT2D eigenvalue weighted by atomic mass is 19.1. The van der Waals surface area contributed by atoms with Crippen molar-refractivity contribution in [3.8, 4) is 5.75 Å². The minimum absolute atomic E-state index is 0.175. The van der Waals surface area contributed by atoms with Crippen molar-refractivity contribution < 1.29 is 9.13 Å². The Hall–Kier alpha value is -2.24. The van der Waals surface area contributed by atoms with E-state index in [1.54, 1.807) is 18.6 Å². The fourth-order valence-electron chi connectivity index (χ4n) is 1.62. The summed E-state index contributed by atoms with van der Waals surface area (Å²) in [5.41, 5.74) is 6.75. The molecule has 0 aliphatic heterocycles. The molecule has 2 rings (SSSR count).